The van der Waals surface area contributed by atoms with Crippen LogP contribution in [0.25, 0.3) is 0 Å². The van der Waals surface area contributed by atoms with Gasteiger partial charge >= 0.3 is 0 Å². The molecule has 2 aliphatic heterocycles. The van der Waals surface area contributed by atoms with Gasteiger partial charge in [0.25, 0.3) is 11.8 Å². The highest BCUT2D eigenvalue weighted by Crippen LogP contribution is 2.72. The van der Waals surface area contributed by atoms with Gasteiger partial charge in [0, 0.05) is 65.9 Å². The number of hydrogen-bond donors (Lipinski definition) is 6. The number of aliphatic hydroxyl groups excluding tert-OH is 2. The Labute approximate surface area is 374 Å². The number of Topliss-reactive ketones (excluding diaryl/α,β-unsaturated/α-hetero) is 1. The van der Waals surface area contributed by atoms with Crippen LogP contribution >= 0.6 is 0 Å². The van der Waals surface area contributed by atoms with Gasteiger partial charge in [0.2, 0.25) is 17.7 Å². The molecule has 344 valence electrons. The normalized spacial score (nSPS) is 33.0. The zero-order valence-corrected chi connectivity index (χ0v) is 36.5. The second-order valence-corrected chi connectivity index (χ2v) is 18.3. The maximum absolute atomic E-state index is 17.7. The molecule has 1 aromatic carbocycles. The highest BCUT2D eigenvalue weighted by Gasteiger charge is 2.79. The van der Waals surface area contributed by atoms with Crippen LogP contribution in [0.1, 0.15) is 77.2 Å². The van der Waals surface area contributed by atoms with E-state index in [4.69, 9.17) is 9.47 Å². The van der Waals surface area contributed by atoms with E-state index in [0.29, 0.717) is 42.0 Å². The first-order valence-electron chi connectivity index (χ1n) is 21.9. The fourth-order valence-corrected chi connectivity index (χ4v) is 11.2. The molecule has 0 radical (unpaired) electrons. The van der Waals surface area contributed by atoms with Crippen molar-refractivity contribution >= 4 is 52.6 Å². The Morgan fingerprint density at radius 2 is 1.66 bits per heavy atom. The molecule has 4 aliphatic carbocycles. The third-order valence-corrected chi connectivity index (χ3v) is 14.7. The Morgan fingerprint density at radius 1 is 0.954 bits per heavy atom. The van der Waals surface area contributed by atoms with Gasteiger partial charge in [0.15, 0.2) is 29.1 Å². The third kappa shape index (κ3) is 7.68. The highest BCUT2D eigenvalue weighted by molar-refractivity contribution is 6.13. The van der Waals surface area contributed by atoms with Gasteiger partial charge in [-0.1, -0.05) is 30.7 Å². The summed E-state index contributed by atoms with van der Waals surface area (Å²) in [6, 6.07) is 8.54. The number of nitrogens with zero attached hydrogens (tertiary/aromatic N) is 2. The molecule has 5 amide bonds. The number of ether oxygens (including phenoxy) is 2. The number of aromatic nitrogens is 1. The number of aliphatic hydroxyl groups is 2. The number of imide groups is 1. The standard InChI is InChI=1S/C47H53FN6O11/c1-25(51-38(59)16-18-54-39(60)13-14-40(54)61)41(62)52-26(2)42(63)53-30-9-5-27(6-10-30)22-49-37-12-7-28(23-50-37)43-64-36-20-33-32-11-8-29-19-31(56)15-17-44(29,3)46(32,48)34(57)21-45(33,4)47(36,65-43)35(58)24-55/h5-7,9-10,12-15,17,19,23,25-26,32-34,36,43,55,57H,8,11,16,18,20-22,24H2,1-4H3,(H,49,50)(H,51,59)(H,52,62)(H,53,63)/t25-,26-,32-,33-,34-,36+,43+,44-,45-,46-,47+/m0/s1. The number of carbonyl (C=O) groups is 7. The van der Waals surface area contributed by atoms with Crippen molar-refractivity contribution < 1.29 is 57.6 Å². The van der Waals surface area contributed by atoms with E-state index in [0.717, 1.165) is 22.6 Å². The molecule has 17 nitrogen and oxygen atoms in total. The maximum Gasteiger partial charge on any atom is 0.253 e. The lowest BCUT2D eigenvalue weighted by atomic mass is 9.44. The molecule has 3 saturated carbocycles. The highest BCUT2D eigenvalue weighted by atomic mass is 19.1. The molecule has 65 heavy (non-hydrogen) atoms. The number of benzene rings is 1. The smallest absolute Gasteiger partial charge is 0.253 e. The summed E-state index contributed by atoms with van der Waals surface area (Å²) in [4.78, 5) is 92.8. The second kappa shape index (κ2) is 17.1. The molecule has 6 N–H and O–H groups in total. The van der Waals surface area contributed by atoms with Crippen LogP contribution in [0.15, 0.2) is 78.5 Å². The predicted octanol–water partition coefficient (Wildman–Crippen LogP) is 2.65. The quantitative estimate of drug-likeness (QED) is 0.150. The summed E-state index contributed by atoms with van der Waals surface area (Å²) in [6.45, 7) is 5.93. The van der Waals surface area contributed by atoms with Crippen LogP contribution in [0.5, 0.6) is 0 Å². The summed E-state index contributed by atoms with van der Waals surface area (Å²) < 4.78 is 30.8. The van der Waals surface area contributed by atoms with Gasteiger partial charge in [-0.2, -0.15) is 0 Å². The zero-order valence-electron chi connectivity index (χ0n) is 36.5. The number of fused-ring (bicyclic) bond motifs is 7. The fourth-order valence-electron chi connectivity index (χ4n) is 11.2. The number of rotatable bonds is 14. The number of amides is 5. The second-order valence-electron chi connectivity index (χ2n) is 18.3. The van der Waals surface area contributed by atoms with Crippen LogP contribution in [0.4, 0.5) is 15.9 Å². The topological polar surface area (TPSA) is 243 Å². The number of nitrogens with one attached hydrogen (secondary N) is 4. The number of hydrogen-bond acceptors (Lipinski definition) is 13. The van der Waals surface area contributed by atoms with Crippen LogP contribution in [0.3, 0.4) is 0 Å². The predicted molar refractivity (Wildman–Crippen MR) is 230 cm³/mol. The Morgan fingerprint density at radius 3 is 2.34 bits per heavy atom. The molecule has 1 aromatic heterocycles. The van der Waals surface area contributed by atoms with Crippen LogP contribution < -0.4 is 21.3 Å². The van der Waals surface area contributed by atoms with Gasteiger partial charge in [-0.25, -0.2) is 9.37 Å². The van der Waals surface area contributed by atoms with Crippen molar-refractivity contribution in [3.8, 4) is 0 Å². The van der Waals surface area contributed by atoms with Gasteiger partial charge in [0.05, 0.1) is 12.2 Å². The van der Waals surface area contributed by atoms with Crippen molar-refractivity contribution in [2.75, 3.05) is 23.8 Å². The van der Waals surface area contributed by atoms with E-state index in [1.165, 1.54) is 26.0 Å². The zero-order chi connectivity index (χ0) is 46.6. The maximum atomic E-state index is 17.7. The molecular formula is C47H53FN6O11. The van der Waals surface area contributed by atoms with E-state index in [-0.39, 0.29) is 31.6 Å². The van der Waals surface area contributed by atoms with Crippen LogP contribution in [0, 0.1) is 22.7 Å². The lowest BCUT2D eigenvalue weighted by molar-refractivity contribution is -0.231. The molecule has 4 fully saturated rings. The fraction of sp³-hybridized carbons (Fsp3) is 0.489. The Balaban J connectivity index is 0.835. The van der Waals surface area contributed by atoms with Gasteiger partial charge < -0.3 is 41.0 Å². The molecule has 8 rings (SSSR count). The first-order valence-corrected chi connectivity index (χ1v) is 21.9. The number of anilines is 2. The first kappa shape index (κ1) is 45.6. The Hall–Kier alpha value is -5.95. The van der Waals surface area contributed by atoms with Crippen molar-refractivity contribution in [1.29, 1.82) is 0 Å². The minimum atomic E-state index is -2.10. The number of pyridine rings is 1. The van der Waals surface area contributed by atoms with Crippen molar-refractivity contribution in [1.82, 2.24) is 20.5 Å². The van der Waals surface area contributed by atoms with E-state index in [9.17, 15) is 43.8 Å². The van der Waals surface area contributed by atoms with Crippen molar-refractivity contribution in [3.63, 3.8) is 0 Å². The van der Waals surface area contributed by atoms with E-state index in [1.807, 2.05) is 6.92 Å². The van der Waals surface area contributed by atoms with Gasteiger partial charge in [-0.3, -0.25) is 38.5 Å². The van der Waals surface area contributed by atoms with Crippen molar-refractivity contribution in [2.24, 2.45) is 22.7 Å². The molecule has 0 spiro atoms. The van der Waals surface area contributed by atoms with Gasteiger partial charge in [0.1, 0.15) is 24.5 Å². The molecule has 1 saturated heterocycles. The molecule has 0 bridgehead atoms. The Kier molecular flexibility index (Phi) is 12.0. The summed E-state index contributed by atoms with van der Waals surface area (Å²) in [5, 5.41) is 33.1. The van der Waals surface area contributed by atoms with E-state index in [1.54, 1.807) is 55.6 Å². The van der Waals surface area contributed by atoms with Crippen LogP contribution in [0.2, 0.25) is 0 Å². The minimum absolute atomic E-state index is 0.113. The number of halogens is 1. The first-order chi connectivity index (χ1) is 30.8. The summed E-state index contributed by atoms with van der Waals surface area (Å²) in [5.74, 6) is -4.02. The third-order valence-electron chi connectivity index (χ3n) is 14.7. The summed E-state index contributed by atoms with van der Waals surface area (Å²) >= 11 is 0. The van der Waals surface area contributed by atoms with Crippen LogP contribution in [-0.4, -0.2) is 110 Å². The average Bonchev–Trinajstić information content (AvgIpc) is 3.91. The SMILES string of the molecule is C[C@H](NC(=O)CCN1C(=O)C=CC1=O)C(=O)N[C@@H](C)C(=O)Nc1ccc(CNc2ccc([C@@H]3O[C@@H]4C[C@H]5[C@@H]6CCC7=CC(=O)C=C[C@]7(C)[C@@]6(F)[C@@H](O)C[C@]5(C)[C@]4(C(=O)CO)O3)cn2)cc1. The number of ketones is 2. The van der Waals surface area contributed by atoms with Gasteiger partial charge in [-0.15, -0.1) is 0 Å². The molecule has 0 unspecified atom stereocenters. The van der Waals surface area contributed by atoms with Crippen molar-refractivity contribution in [2.45, 2.75) is 108 Å². The lowest BCUT2D eigenvalue weighted by Crippen LogP contribution is -2.69. The number of carbonyl (C=O) groups excluding carboxylic acids is 7. The molecule has 6 aliphatic rings. The molecule has 2 aromatic rings. The van der Waals surface area contributed by atoms with Crippen molar-refractivity contribution in [3.05, 3.63) is 89.7 Å². The van der Waals surface area contributed by atoms with E-state index < -0.39 is 106 Å². The summed E-state index contributed by atoms with van der Waals surface area (Å²) in [7, 11) is 0. The largest absolute Gasteiger partial charge is 0.390 e. The van der Waals surface area contributed by atoms with E-state index in [2.05, 4.69) is 26.3 Å². The summed E-state index contributed by atoms with van der Waals surface area (Å²) in [6.07, 6.45) is 5.72. The van der Waals surface area contributed by atoms with Gasteiger partial charge in [-0.05, 0) is 94.4 Å². The van der Waals surface area contributed by atoms with Crippen LogP contribution in [-0.2, 0) is 49.6 Å². The molecule has 11 atom stereocenters. The number of alkyl halides is 1. The molecule has 3 heterocycles. The minimum Gasteiger partial charge on any atom is -0.390 e. The molecular weight excluding hydrogens is 844 g/mol. The summed E-state index contributed by atoms with van der Waals surface area (Å²) in [5.41, 5.74) is -3.51. The average molecular weight is 897 g/mol. The number of allylic oxidation sites excluding steroid dienone is 4. The lowest BCUT2D eigenvalue weighted by Gasteiger charge is -2.62. The monoisotopic (exact) mass is 896 g/mol. The Bertz CT molecular complexity index is 2390. The molecule has 18 heteroatoms. The van der Waals surface area contributed by atoms with E-state index >= 15 is 4.39 Å².